The van der Waals surface area contributed by atoms with Crippen molar-refractivity contribution in [2.75, 3.05) is 26.2 Å². The standard InChI is InChI=1S/C13H14N4O3/c18-12(14-3-4-17-5-6-20-13(17)19)9-1-2-10-11(7-9)16-8-15-10/h1-2,7-8H,3-6H2,(H,14,18)(H,15,16). The molecule has 0 spiro atoms. The van der Waals surface area contributed by atoms with Gasteiger partial charge in [0.1, 0.15) is 6.61 Å². The predicted molar refractivity (Wildman–Crippen MR) is 71.3 cm³/mol. The van der Waals surface area contributed by atoms with Crippen molar-refractivity contribution in [1.29, 1.82) is 0 Å². The van der Waals surface area contributed by atoms with E-state index in [1.807, 2.05) is 0 Å². The number of hydrogen-bond donors (Lipinski definition) is 2. The van der Waals surface area contributed by atoms with Crippen LogP contribution in [-0.2, 0) is 4.74 Å². The number of carbonyl (C=O) groups excluding carboxylic acids is 2. The molecule has 2 aromatic rings. The number of carbonyl (C=O) groups is 2. The third-order valence-electron chi connectivity index (χ3n) is 3.19. The summed E-state index contributed by atoms with van der Waals surface area (Å²) in [5.74, 6) is -0.172. The highest BCUT2D eigenvalue weighted by molar-refractivity contribution is 5.97. The maximum Gasteiger partial charge on any atom is 0.409 e. The summed E-state index contributed by atoms with van der Waals surface area (Å²) in [6.45, 7) is 1.85. The van der Waals surface area contributed by atoms with Gasteiger partial charge in [-0.1, -0.05) is 0 Å². The Hall–Kier alpha value is -2.57. The van der Waals surface area contributed by atoms with Crippen LogP contribution in [0, 0.1) is 0 Å². The zero-order valence-corrected chi connectivity index (χ0v) is 10.8. The van der Waals surface area contributed by atoms with Gasteiger partial charge in [-0.15, -0.1) is 0 Å². The SMILES string of the molecule is O=C(NCCN1CCOC1=O)c1ccc2nc[nH]c2c1. The van der Waals surface area contributed by atoms with Gasteiger partial charge in [-0.25, -0.2) is 9.78 Å². The van der Waals surface area contributed by atoms with E-state index < -0.39 is 0 Å². The molecule has 0 unspecified atom stereocenters. The molecule has 1 aliphatic heterocycles. The van der Waals surface area contributed by atoms with E-state index in [1.165, 1.54) is 0 Å². The van der Waals surface area contributed by atoms with Gasteiger partial charge in [0.05, 0.1) is 23.9 Å². The average molecular weight is 274 g/mol. The molecule has 0 saturated carbocycles. The van der Waals surface area contributed by atoms with Gasteiger partial charge in [-0.05, 0) is 18.2 Å². The lowest BCUT2D eigenvalue weighted by atomic mass is 10.2. The minimum Gasteiger partial charge on any atom is -0.448 e. The first kappa shape index (κ1) is 12.5. The van der Waals surface area contributed by atoms with Crippen molar-refractivity contribution in [3.8, 4) is 0 Å². The summed E-state index contributed by atoms with van der Waals surface area (Å²) in [6.07, 6.45) is 1.27. The van der Waals surface area contributed by atoms with Crippen LogP contribution in [-0.4, -0.2) is 53.1 Å². The molecular formula is C13H14N4O3. The van der Waals surface area contributed by atoms with Gasteiger partial charge in [0, 0.05) is 18.7 Å². The largest absolute Gasteiger partial charge is 0.448 e. The van der Waals surface area contributed by atoms with E-state index in [0.717, 1.165) is 11.0 Å². The van der Waals surface area contributed by atoms with Crippen LogP contribution in [0.5, 0.6) is 0 Å². The number of ether oxygens (including phenoxy) is 1. The van der Waals surface area contributed by atoms with Crippen LogP contribution in [0.15, 0.2) is 24.5 Å². The molecular weight excluding hydrogens is 260 g/mol. The van der Waals surface area contributed by atoms with Gasteiger partial charge in [0.2, 0.25) is 0 Å². The molecule has 3 rings (SSSR count). The van der Waals surface area contributed by atoms with Crippen LogP contribution in [0.25, 0.3) is 11.0 Å². The lowest BCUT2D eigenvalue weighted by Gasteiger charge is -2.12. The Morgan fingerprint density at radius 2 is 2.40 bits per heavy atom. The first-order valence-electron chi connectivity index (χ1n) is 6.37. The second kappa shape index (κ2) is 5.20. The van der Waals surface area contributed by atoms with Crippen molar-refractivity contribution in [2.45, 2.75) is 0 Å². The average Bonchev–Trinajstić information content (AvgIpc) is 3.07. The van der Waals surface area contributed by atoms with Crippen molar-refractivity contribution in [1.82, 2.24) is 20.2 Å². The molecule has 7 heteroatoms. The number of benzene rings is 1. The Morgan fingerprint density at radius 3 is 3.20 bits per heavy atom. The van der Waals surface area contributed by atoms with E-state index in [9.17, 15) is 9.59 Å². The zero-order chi connectivity index (χ0) is 13.9. The Kier molecular flexibility index (Phi) is 3.24. The fourth-order valence-electron chi connectivity index (χ4n) is 2.11. The lowest BCUT2D eigenvalue weighted by Crippen LogP contribution is -2.35. The van der Waals surface area contributed by atoms with Crippen molar-refractivity contribution >= 4 is 23.0 Å². The quantitative estimate of drug-likeness (QED) is 0.861. The number of cyclic esters (lactones) is 1. The fraction of sp³-hybridized carbons (Fsp3) is 0.308. The van der Waals surface area contributed by atoms with Crippen LogP contribution in [0.2, 0.25) is 0 Å². The number of aromatic amines is 1. The number of H-pyrrole nitrogens is 1. The molecule has 7 nitrogen and oxygen atoms in total. The predicted octanol–water partition coefficient (Wildman–Crippen LogP) is 0.745. The second-order valence-electron chi connectivity index (χ2n) is 4.49. The molecule has 0 radical (unpaired) electrons. The molecule has 2 heterocycles. The topological polar surface area (TPSA) is 87.3 Å². The highest BCUT2D eigenvalue weighted by atomic mass is 16.6. The number of nitrogens with zero attached hydrogens (tertiary/aromatic N) is 2. The number of hydrogen-bond acceptors (Lipinski definition) is 4. The highest BCUT2D eigenvalue weighted by Crippen LogP contribution is 2.11. The fourth-order valence-corrected chi connectivity index (χ4v) is 2.11. The van der Waals surface area contributed by atoms with E-state index in [4.69, 9.17) is 4.74 Å². The molecule has 0 bridgehead atoms. The van der Waals surface area contributed by atoms with E-state index >= 15 is 0 Å². The smallest absolute Gasteiger partial charge is 0.409 e. The minimum absolute atomic E-state index is 0.172. The van der Waals surface area contributed by atoms with Gasteiger partial charge in [0.25, 0.3) is 5.91 Å². The Morgan fingerprint density at radius 1 is 1.50 bits per heavy atom. The summed E-state index contributed by atoms with van der Waals surface area (Å²) >= 11 is 0. The van der Waals surface area contributed by atoms with Gasteiger partial charge >= 0.3 is 6.09 Å². The first-order valence-corrected chi connectivity index (χ1v) is 6.37. The summed E-state index contributed by atoms with van der Waals surface area (Å²) in [5, 5.41) is 2.78. The van der Waals surface area contributed by atoms with Crippen LogP contribution < -0.4 is 5.32 Å². The normalized spacial score (nSPS) is 14.6. The first-order chi connectivity index (χ1) is 9.74. The van der Waals surface area contributed by atoms with Crippen LogP contribution in [0.1, 0.15) is 10.4 Å². The molecule has 20 heavy (non-hydrogen) atoms. The van der Waals surface area contributed by atoms with Crippen LogP contribution in [0.3, 0.4) is 0 Å². The number of amides is 2. The summed E-state index contributed by atoms with van der Waals surface area (Å²) in [6, 6.07) is 5.27. The maximum atomic E-state index is 12.0. The number of rotatable bonds is 4. The van der Waals surface area contributed by atoms with Gasteiger partial charge < -0.3 is 19.9 Å². The summed E-state index contributed by atoms with van der Waals surface area (Å²) in [4.78, 5) is 31.8. The lowest BCUT2D eigenvalue weighted by molar-refractivity contribution is 0.0949. The van der Waals surface area contributed by atoms with Crippen molar-refractivity contribution in [3.05, 3.63) is 30.1 Å². The summed E-state index contributed by atoms with van der Waals surface area (Å²) in [5.41, 5.74) is 2.20. The number of aromatic nitrogens is 2. The maximum absolute atomic E-state index is 12.0. The van der Waals surface area contributed by atoms with Gasteiger partial charge in [0.15, 0.2) is 0 Å². The number of nitrogens with one attached hydrogen (secondary N) is 2. The highest BCUT2D eigenvalue weighted by Gasteiger charge is 2.21. The molecule has 104 valence electrons. The molecule has 1 fully saturated rings. The van der Waals surface area contributed by atoms with Crippen LogP contribution in [0.4, 0.5) is 4.79 Å². The molecule has 2 amide bonds. The molecule has 1 aromatic heterocycles. The molecule has 0 atom stereocenters. The van der Waals surface area contributed by atoms with Crippen LogP contribution >= 0.6 is 0 Å². The molecule has 1 saturated heterocycles. The van der Waals surface area contributed by atoms with Gasteiger partial charge in [-0.3, -0.25) is 4.79 Å². The van der Waals surface area contributed by atoms with Crippen molar-refractivity contribution in [3.63, 3.8) is 0 Å². The third-order valence-corrected chi connectivity index (χ3v) is 3.19. The Balaban J connectivity index is 1.57. The van der Waals surface area contributed by atoms with Gasteiger partial charge in [-0.2, -0.15) is 0 Å². The molecule has 1 aliphatic rings. The number of imidazole rings is 1. The van der Waals surface area contributed by atoms with E-state index in [1.54, 1.807) is 29.4 Å². The second-order valence-corrected chi connectivity index (χ2v) is 4.49. The minimum atomic E-state index is -0.321. The van der Waals surface area contributed by atoms with E-state index in [0.29, 0.717) is 31.8 Å². The molecule has 0 aliphatic carbocycles. The number of fused-ring (bicyclic) bond motifs is 1. The van der Waals surface area contributed by atoms with Crippen molar-refractivity contribution < 1.29 is 14.3 Å². The monoisotopic (exact) mass is 274 g/mol. The van der Waals surface area contributed by atoms with E-state index in [-0.39, 0.29) is 12.0 Å². The summed E-state index contributed by atoms with van der Waals surface area (Å²) < 4.78 is 4.81. The Labute approximate surface area is 114 Å². The Bertz CT molecular complexity index is 652. The van der Waals surface area contributed by atoms with Crippen molar-refractivity contribution in [2.24, 2.45) is 0 Å². The van der Waals surface area contributed by atoms with E-state index in [2.05, 4.69) is 15.3 Å². The molecule has 2 N–H and O–H groups in total. The summed E-state index contributed by atoms with van der Waals surface area (Å²) in [7, 11) is 0. The zero-order valence-electron chi connectivity index (χ0n) is 10.8. The molecule has 1 aromatic carbocycles. The third kappa shape index (κ3) is 2.42.